The van der Waals surface area contributed by atoms with Crippen LogP contribution in [0.3, 0.4) is 0 Å². The molecule has 0 spiro atoms. The van der Waals surface area contributed by atoms with Crippen LogP contribution in [0, 0.1) is 0 Å². The van der Waals surface area contributed by atoms with Crippen molar-refractivity contribution in [3.63, 3.8) is 0 Å². The second kappa shape index (κ2) is 5.73. The fraction of sp³-hybridized carbons (Fsp3) is 0.462. The lowest BCUT2D eigenvalue weighted by molar-refractivity contribution is 0.0962. The number of carbonyl (C=O) groups is 1. The maximum atomic E-state index is 11.5. The minimum Gasteiger partial charge on any atom is -0.487 e. The fourth-order valence-corrected chi connectivity index (χ4v) is 1.53. The molecule has 2 N–H and O–H groups in total. The Hall–Kier alpha value is -1.75. The average Bonchev–Trinajstić information content (AvgIpc) is 3.20. The van der Waals surface area contributed by atoms with Crippen molar-refractivity contribution in [3.8, 4) is 11.5 Å². The van der Waals surface area contributed by atoms with E-state index in [4.69, 9.17) is 14.6 Å². The summed E-state index contributed by atoms with van der Waals surface area (Å²) in [5, 5.41) is 11.3. The number of amides is 1. The molecule has 5 nitrogen and oxygen atoms in total. The molecule has 0 atom stereocenters. The van der Waals surface area contributed by atoms with Gasteiger partial charge in [0.25, 0.3) is 5.91 Å². The first kappa shape index (κ1) is 12.7. The molecule has 1 aromatic carbocycles. The predicted molar refractivity (Wildman–Crippen MR) is 66.1 cm³/mol. The lowest BCUT2D eigenvalue weighted by atomic mass is 10.2. The predicted octanol–water partition coefficient (Wildman–Crippen LogP) is 0.959. The number of carbonyl (C=O) groups excluding carboxylic acids is 1. The van der Waals surface area contributed by atoms with E-state index in [0.29, 0.717) is 17.1 Å². The van der Waals surface area contributed by atoms with Gasteiger partial charge in [-0.15, -0.1) is 0 Å². The molecule has 1 aliphatic rings. The lowest BCUT2D eigenvalue weighted by Gasteiger charge is -2.13. The highest BCUT2D eigenvalue weighted by atomic mass is 16.5. The van der Waals surface area contributed by atoms with Crippen LogP contribution >= 0.6 is 0 Å². The number of hydrogen-bond acceptors (Lipinski definition) is 4. The molecule has 18 heavy (non-hydrogen) atoms. The summed E-state index contributed by atoms with van der Waals surface area (Å²) < 4.78 is 11.1. The van der Waals surface area contributed by atoms with Gasteiger partial charge in [0, 0.05) is 12.6 Å². The number of rotatable bonds is 6. The summed E-state index contributed by atoms with van der Waals surface area (Å²) in [6.45, 7) is 0.153. The molecule has 1 fully saturated rings. The molecule has 98 valence electrons. The molecule has 0 radical (unpaired) electrons. The van der Waals surface area contributed by atoms with Crippen LogP contribution in [0.4, 0.5) is 0 Å². The quantitative estimate of drug-likeness (QED) is 0.790. The van der Waals surface area contributed by atoms with E-state index in [-0.39, 0.29) is 25.2 Å². The van der Waals surface area contributed by atoms with E-state index in [2.05, 4.69) is 5.32 Å². The average molecular weight is 251 g/mol. The van der Waals surface area contributed by atoms with Gasteiger partial charge in [0.05, 0.1) is 12.7 Å². The zero-order valence-corrected chi connectivity index (χ0v) is 10.3. The van der Waals surface area contributed by atoms with E-state index in [1.54, 1.807) is 25.2 Å². The van der Waals surface area contributed by atoms with Crippen molar-refractivity contribution in [1.29, 1.82) is 0 Å². The van der Waals surface area contributed by atoms with Crippen LogP contribution in [-0.2, 0) is 0 Å². The smallest absolute Gasteiger partial charge is 0.251 e. The minimum atomic E-state index is -0.163. The largest absolute Gasteiger partial charge is 0.487 e. The summed E-state index contributed by atoms with van der Waals surface area (Å²) in [5.74, 6) is 0.958. The highest BCUT2D eigenvalue weighted by Crippen LogP contribution is 2.34. The summed E-state index contributed by atoms with van der Waals surface area (Å²) in [5.41, 5.74) is 0.532. The third kappa shape index (κ3) is 3.13. The molecule has 1 aliphatic carbocycles. The summed E-state index contributed by atoms with van der Waals surface area (Å²) in [7, 11) is 1.58. The molecule has 0 bridgehead atoms. The Labute approximate surface area is 106 Å². The van der Waals surface area contributed by atoms with Gasteiger partial charge in [-0.25, -0.2) is 0 Å². The highest BCUT2D eigenvalue weighted by Gasteiger charge is 2.25. The maximum absolute atomic E-state index is 11.5. The molecule has 1 aromatic rings. The van der Waals surface area contributed by atoms with Crippen molar-refractivity contribution in [2.24, 2.45) is 0 Å². The van der Waals surface area contributed by atoms with Crippen LogP contribution in [0.25, 0.3) is 0 Å². The Kier molecular flexibility index (Phi) is 4.04. The Balaban J connectivity index is 2.19. The molecular formula is C13H17NO4. The van der Waals surface area contributed by atoms with Gasteiger partial charge in [-0.05, 0) is 31.0 Å². The van der Waals surface area contributed by atoms with E-state index in [1.807, 2.05) is 0 Å². The summed E-state index contributed by atoms with van der Waals surface area (Å²) in [6.07, 6.45) is 2.29. The molecule has 0 aromatic heterocycles. The molecule has 2 rings (SSSR count). The number of hydrogen-bond donors (Lipinski definition) is 2. The van der Waals surface area contributed by atoms with Crippen molar-refractivity contribution in [2.45, 2.75) is 18.9 Å². The van der Waals surface area contributed by atoms with Crippen LogP contribution in [0.15, 0.2) is 18.2 Å². The Morgan fingerprint density at radius 3 is 2.83 bits per heavy atom. The summed E-state index contributed by atoms with van der Waals surface area (Å²) in [6, 6.07) is 5.03. The molecule has 0 aliphatic heterocycles. The van der Waals surface area contributed by atoms with Crippen molar-refractivity contribution in [2.75, 3.05) is 20.3 Å². The molecule has 1 amide bonds. The molecule has 1 saturated carbocycles. The number of aliphatic hydroxyl groups is 1. The lowest BCUT2D eigenvalue weighted by Crippen LogP contribution is -2.18. The van der Waals surface area contributed by atoms with Gasteiger partial charge in [-0.1, -0.05) is 0 Å². The topological polar surface area (TPSA) is 67.8 Å². The van der Waals surface area contributed by atoms with E-state index >= 15 is 0 Å². The zero-order chi connectivity index (χ0) is 13.0. The van der Waals surface area contributed by atoms with Crippen molar-refractivity contribution < 1.29 is 19.4 Å². The number of benzene rings is 1. The van der Waals surface area contributed by atoms with Crippen LogP contribution in [-0.4, -0.2) is 37.4 Å². The molecular weight excluding hydrogens is 234 g/mol. The first-order chi connectivity index (χ1) is 8.74. The number of aliphatic hydroxyl groups excluding tert-OH is 1. The van der Waals surface area contributed by atoms with Gasteiger partial charge < -0.3 is 19.9 Å². The third-order valence-corrected chi connectivity index (χ3v) is 2.60. The summed E-state index contributed by atoms with van der Waals surface area (Å²) in [4.78, 5) is 11.5. The van der Waals surface area contributed by atoms with Crippen LogP contribution in [0.5, 0.6) is 11.5 Å². The van der Waals surface area contributed by atoms with E-state index in [0.717, 1.165) is 12.8 Å². The Morgan fingerprint density at radius 1 is 1.44 bits per heavy atom. The van der Waals surface area contributed by atoms with E-state index < -0.39 is 0 Å². The first-order valence-electron chi connectivity index (χ1n) is 6.01. The third-order valence-electron chi connectivity index (χ3n) is 2.60. The molecule has 5 heteroatoms. The zero-order valence-electron chi connectivity index (χ0n) is 10.3. The van der Waals surface area contributed by atoms with Gasteiger partial charge in [0.15, 0.2) is 11.5 Å². The van der Waals surface area contributed by atoms with Crippen LogP contribution < -0.4 is 14.8 Å². The van der Waals surface area contributed by atoms with Gasteiger partial charge in [-0.3, -0.25) is 4.79 Å². The van der Waals surface area contributed by atoms with Crippen LogP contribution in [0.2, 0.25) is 0 Å². The highest BCUT2D eigenvalue weighted by molar-refractivity contribution is 5.94. The second-order valence-corrected chi connectivity index (χ2v) is 4.13. The molecule has 0 saturated heterocycles. The van der Waals surface area contributed by atoms with E-state index in [1.165, 1.54) is 0 Å². The van der Waals surface area contributed by atoms with Crippen molar-refractivity contribution in [1.82, 2.24) is 5.32 Å². The van der Waals surface area contributed by atoms with E-state index in [9.17, 15) is 4.79 Å². The maximum Gasteiger partial charge on any atom is 0.251 e. The van der Waals surface area contributed by atoms with Crippen molar-refractivity contribution in [3.05, 3.63) is 23.8 Å². The normalized spacial score (nSPS) is 14.1. The number of ether oxygens (including phenoxy) is 2. The molecule has 0 heterocycles. The monoisotopic (exact) mass is 251 g/mol. The van der Waals surface area contributed by atoms with Crippen LogP contribution in [0.1, 0.15) is 23.2 Å². The van der Waals surface area contributed by atoms with Crippen molar-refractivity contribution >= 4 is 5.91 Å². The second-order valence-electron chi connectivity index (χ2n) is 4.13. The standard InChI is InChI=1S/C13H17NO4/c1-14-13(16)9-2-5-11(17-7-6-15)12(8-9)18-10-3-4-10/h2,5,8,10,15H,3-4,6-7H2,1H3,(H,14,16). The first-order valence-corrected chi connectivity index (χ1v) is 6.01. The van der Waals surface area contributed by atoms with Gasteiger partial charge in [-0.2, -0.15) is 0 Å². The Bertz CT molecular complexity index is 429. The Morgan fingerprint density at radius 2 is 2.22 bits per heavy atom. The van der Waals surface area contributed by atoms with Gasteiger partial charge in [0.2, 0.25) is 0 Å². The summed E-state index contributed by atoms with van der Waals surface area (Å²) >= 11 is 0. The van der Waals surface area contributed by atoms with Gasteiger partial charge in [0.1, 0.15) is 6.61 Å². The number of nitrogens with one attached hydrogen (secondary N) is 1. The fourth-order valence-electron chi connectivity index (χ4n) is 1.53. The minimum absolute atomic E-state index is 0.0555. The SMILES string of the molecule is CNC(=O)c1ccc(OCCO)c(OC2CC2)c1. The molecule has 0 unspecified atom stereocenters. The van der Waals surface area contributed by atoms with Gasteiger partial charge >= 0.3 is 0 Å².